The number of urea groups is 1. The lowest BCUT2D eigenvalue weighted by Crippen LogP contribution is -2.61. The van der Waals surface area contributed by atoms with E-state index in [9.17, 15) is 4.79 Å². The molecule has 80 valence electrons. The summed E-state index contributed by atoms with van der Waals surface area (Å²) in [6, 6.07) is 0.709. The van der Waals surface area contributed by atoms with E-state index in [1.807, 2.05) is 16.7 Å². The fraction of sp³-hybridized carbons (Fsp3) is 0.900. The highest BCUT2D eigenvalue weighted by molar-refractivity contribution is 5.75. The van der Waals surface area contributed by atoms with Crippen molar-refractivity contribution >= 4 is 6.03 Å². The number of carbonyl (C=O) groups excluding carboxylic acids is 1. The fourth-order valence-corrected chi connectivity index (χ4v) is 2.39. The summed E-state index contributed by atoms with van der Waals surface area (Å²) in [7, 11) is 2.13. The molecule has 1 atom stereocenters. The Morgan fingerprint density at radius 3 is 2.86 bits per heavy atom. The third-order valence-corrected chi connectivity index (χ3v) is 3.32. The third kappa shape index (κ3) is 1.59. The van der Waals surface area contributed by atoms with Crippen LogP contribution in [-0.2, 0) is 0 Å². The van der Waals surface area contributed by atoms with E-state index >= 15 is 0 Å². The summed E-state index contributed by atoms with van der Waals surface area (Å²) in [5.74, 6) is 0. The van der Waals surface area contributed by atoms with Gasteiger partial charge in [0.2, 0.25) is 0 Å². The molecule has 0 aromatic carbocycles. The predicted molar refractivity (Wildman–Crippen MR) is 55.3 cm³/mol. The van der Waals surface area contributed by atoms with Crippen molar-refractivity contribution in [2.75, 3.05) is 39.8 Å². The highest BCUT2D eigenvalue weighted by Crippen LogP contribution is 2.19. The predicted octanol–water partition coefficient (Wildman–Crippen LogP) is 0.448. The summed E-state index contributed by atoms with van der Waals surface area (Å²) < 4.78 is 0. The van der Waals surface area contributed by atoms with Gasteiger partial charge in [0.25, 0.3) is 0 Å². The van der Waals surface area contributed by atoms with Crippen molar-refractivity contribution in [2.24, 2.45) is 0 Å². The standard InChI is InChI=1S/C10H19N3O/c1-3-12-5-4-9-8-11(2)6-7-13(9)10(12)14/h9H,3-8H2,1-2H3. The van der Waals surface area contributed by atoms with Gasteiger partial charge in [-0.25, -0.2) is 4.79 Å². The number of hydrogen-bond donors (Lipinski definition) is 0. The SMILES string of the molecule is CCN1CCC2CN(C)CCN2C1=O. The molecule has 0 N–H and O–H groups in total. The van der Waals surface area contributed by atoms with Gasteiger partial charge in [-0.2, -0.15) is 0 Å². The second kappa shape index (κ2) is 3.77. The van der Waals surface area contributed by atoms with Crippen LogP contribution in [-0.4, -0.2) is 66.5 Å². The summed E-state index contributed by atoms with van der Waals surface area (Å²) in [4.78, 5) is 18.2. The Hall–Kier alpha value is -0.770. The van der Waals surface area contributed by atoms with Crippen LogP contribution < -0.4 is 0 Å². The summed E-state index contributed by atoms with van der Waals surface area (Å²) in [5.41, 5.74) is 0. The van der Waals surface area contributed by atoms with Crippen molar-refractivity contribution in [1.82, 2.24) is 14.7 Å². The maximum Gasteiger partial charge on any atom is 0.320 e. The molecule has 2 aliphatic rings. The molecule has 2 aliphatic heterocycles. The molecule has 0 aromatic rings. The van der Waals surface area contributed by atoms with E-state index in [1.54, 1.807) is 0 Å². The van der Waals surface area contributed by atoms with Crippen molar-refractivity contribution in [3.8, 4) is 0 Å². The molecular formula is C10H19N3O. The van der Waals surface area contributed by atoms with Gasteiger partial charge in [0.1, 0.15) is 0 Å². The molecule has 2 fully saturated rings. The van der Waals surface area contributed by atoms with Gasteiger partial charge in [0, 0.05) is 38.8 Å². The number of rotatable bonds is 1. The lowest BCUT2D eigenvalue weighted by atomic mass is 10.1. The van der Waals surface area contributed by atoms with E-state index in [4.69, 9.17) is 0 Å². The number of nitrogens with zero attached hydrogens (tertiary/aromatic N) is 3. The Balaban J connectivity index is 2.04. The van der Waals surface area contributed by atoms with Crippen LogP contribution in [0.15, 0.2) is 0 Å². The first-order valence-electron chi connectivity index (χ1n) is 5.46. The fourth-order valence-electron chi connectivity index (χ4n) is 2.39. The minimum absolute atomic E-state index is 0.247. The summed E-state index contributed by atoms with van der Waals surface area (Å²) in [6.07, 6.45) is 1.13. The van der Waals surface area contributed by atoms with E-state index in [-0.39, 0.29) is 6.03 Å². The van der Waals surface area contributed by atoms with E-state index < -0.39 is 0 Å². The van der Waals surface area contributed by atoms with Gasteiger partial charge < -0.3 is 14.7 Å². The third-order valence-electron chi connectivity index (χ3n) is 3.32. The van der Waals surface area contributed by atoms with Gasteiger partial charge >= 0.3 is 6.03 Å². The van der Waals surface area contributed by atoms with Crippen LogP contribution in [0, 0.1) is 0 Å². The zero-order chi connectivity index (χ0) is 10.1. The van der Waals surface area contributed by atoms with Crippen LogP contribution in [0.25, 0.3) is 0 Å². The first kappa shape index (κ1) is 9.77. The Morgan fingerprint density at radius 1 is 1.36 bits per heavy atom. The van der Waals surface area contributed by atoms with E-state index in [1.165, 1.54) is 0 Å². The molecule has 0 radical (unpaired) electrons. The number of fused-ring (bicyclic) bond motifs is 1. The molecule has 14 heavy (non-hydrogen) atoms. The minimum atomic E-state index is 0.247. The highest BCUT2D eigenvalue weighted by atomic mass is 16.2. The topological polar surface area (TPSA) is 26.8 Å². The van der Waals surface area contributed by atoms with Crippen LogP contribution >= 0.6 is 0 Å². The zero-order valence-electron chi connectivity index (χ0n) is 9.07. The lowest BCUT2D eigenvalue weighted by Gasteiger charge is -2.46. The summed E-state index contributed by atoms with van der Waals surface area (Å²) in [5, 5.41) is 0. The van der Waals surface area contributed by atoms with Crippen LogP contribution in [0.4, 0.5) is 4.79 Å². The van der Waals surface area contributed by atoms with Gasteiger partial charge in [-0.1, -0.05) is 0 Å². The van der Waals surface area contributed by atoms with Gasteiger partial charge in [0.15, 0.2) is 0 Å². The number of amides is 2. The second-order valence-corrected chi connectivity index (χ2v) is 4.26. The van der Waals surface area contributed by atoms with Gasteiger partial charge in [-0.15, -0.1) is 0 Å². The van der Waals surface area contributed by atoms with Gasteiger partial charge in [-0.05, 0) is 20.4 Å². The quantitative estimate of drug-likeness (QED) is 0.610. The molecule has 2 amide bonds. The Labute approximate surface area is 85.5 Å². The first-order chi connectivity index (χ1) is 6.72. The van der Waals surface area contributed by atoms with E-state index in [0.717, 1.165) is 39.1 Å². The number of hydrogen-bond acceptors (Lipinski definition) is 2. The molecule has 1 unspecified atom stereocenters. The number of piperazine rings is 1. The maximum atomic E-state index is 11.9. The summed E-state index contributed by atoms with van der Waals surface area (Å²) >= 11 is 0. The average molecular weight is 197 g/mol. The van der Waals surface area contributed by atoms with Crippen LogP contribution in [0.3, 0.4) is 0 Å². The molecule has 0 saturated carbocycles. The van der Waals surface area contributed by atoms with Gasteiger partial charge in [0.05, 0.1) is 0 Å². The minimum Gasteiger partial charge on any atom is -0.325 e. The molecule has 0 spiro atoms. The Kier molecular flexibility index (Phi) is 2.63. The van der Waals surface area contributed by atoms with Crippen molar-refractivity contribution in [1.29, 1.82) is 0 Å². The molecule has 4 nitrogen and oxygen atoms in total. The molecule has 2 saturated heterocycles. The van der Waals surface area contributed by atoms with Crippen molar-refractivity contribution in [2.45, 2.75) is 19.4 Å². The molecule has 0 bridgehead atoms. The maximum absolute atomic E-state index is 11.9. The Morgan fingerprint density at radius 2 is 2.14 bits per heavy atom. The highest BCUT2D eigenvalue weighted by Gasteiger charge is 2.35. The average Bonchev–Trinajstić information content (AvgIpc) is 2.18. The Bertz CT molecular complexity index is 231. The largest absolute Gasteiger partial charge is 0.325 e. The molecule has 4 heteroatoms. The lowest BCUT2D eigenvalue weighted by molar-refractivity contribution is 0.0545. The van der Waals surface area contributed by atoms with Crippen molar-refractivity contribution < 1.29 is 4.79 Å². The summed E-state index contributed by atoms with van der Waals surface area (Å²) in [6.45, 7) is 6.79. The van der Waals surface area contributed by atoms with Gasteiger partial charge in [-0.3, -0.25) is 0 Å². The van der Waals surface area contributed by atoms with Crippen LogP contribution in [0.5, 0.6) is 0 Å². The molecule has 0 aliphatic carbocycles. The van der Waals surface area contributed by atoms with Crippen molar-refractivity contribution in [3.05, 3.63) is 0 Å². The molecule has 2 heterocycles. The molecular weight excluding hydrogens is 178 g/mol. The number of likely N-dealkylation sites (N-methyl/N-ethyl adjacent to an activating group) is 1. The van der Waals surface area contributed by atoms with Crippen LogP contribution in [0.1, 0.15) is 13.3 Å². The monoisotopic (exact) mass is 197 g/mol. The zero-order valence-corrected chi connectivity index (χ0v) is 9.07. The van der Waals surface area contributed by atoms with Crippen molar-refractivity contribution in [3.63, 3.8) is 0 Å². The molecule has 0 aromatic heterocycles. The first-order valence-corrected chi connectivity index (χ1v) is 5.46. The smallest absolute Gasteiger partial charge is 0.320 e. The van der Waals surface area contributed by atoms with Crippen LogP contribution in [0.2, 0.25) is 0 Å². The number of carbonyl (C=O) groups is 1. The van der Waals surface area contributed by atoms with E-state index in [0.29, 0.717) is 6.04 Å². The van der Waals surface area contributed by atoms with E-state index in [2.05, 4.69) is 11.9 Å². The second-order valence-electron chi connectivity index (χ2n) is 4.26. The molecule has 2 rings (SSSR count). The normalized spacial score (nSPS) is 29.3.